The minimum absolute atomic E-state index is 0.0307. The Morgan fingerprint density at radius 3 is 2.90 bits per heavy atom. The number of nitrogens with zero attached hydrogens (tertiary/aromatic N) is 2. The second kappa shape index (κ2) is 5.11. The SMILES string of the molecule is Cc1ccc([N+](=O)[O-])cc1C(=O)N1C(C)CC2CNCC21. The summed E-state index contributed by atoms with van der Waals surface area (Å²) >= 11 is 0. The molecule has 0 radical (unpaired) electrons. The lowest BCUT2D eigenvalue weighted by molar-refractivity contribution is -0.384. The quantitative estimate of drug-likeness (QED) is 0.664. The van der Waals surface area contributed by atoms with Crippen molar-refractivity contribution in [3.8, 4) is 0 Å². The molecule has 0 spiro atoms. The van der Waals surface area contributed by atoms with Crippen LogP contribution < -0.4 is 5.32 Å². The molecule has 3 atom stereocenters. The highest BCUT2D eigenvalue weighted by molar-refractivity contribution is 5.97. The molecule has 1 N–H and O–H groups in total. The summed E-state index contributed by atoms with van der Waals surface area (Å²) in [5.41, 5.74) is 1.20. The van der Waals surface area contributed by atoms with Crippen LogP contribution in [0.2, 0.25) is 0 Å². The van der Waals surface area contributed by atoms with Crippen LogP contribution in [0.3, 0.4) is 0 Å². The van der Waals surface area contributed by atoms with Crippen LogP contribution in [-0.2, 0) is 0 Å². The molecular weight excluding hydrogens is 270 g/mol. The Bertz CT molecular complexity index is 602. The zero-order valence-corrected chi connectivity index (χ0v) is 12.2. The molecule has 6 nitrogen and oxygen atoms in total. The molecule has 2 fully saturated rings. The van der Waals surface area contributed by atoms with Gasteiger partial charge < -0.3 is 10.2 Å². The van der Waals surface area contributed by atoms with Gasteiger partial charge in [-0.25, -0.2) is 0 Å². The molecule has 2 aliphatic rings. The van der Waals surface area contributed by atoms with Gasteiger partial charge >= 0.3 is 0 Å². The van der Waals surface area contributed by atoms with Crippen LogP contribution >= 0.6 is 0 Å². The number of carbonyl (C=O) groups excluding carboxylic acids is 1. The first-order valence-corrected chi connectivity index (χ1v) is 7.27. The fourth-order valence-corrected chi connectivity index (χ4v) is 3.61. The predicted octanol–water partition coefficient (Wildman–Crippen LogP) is 1.73. The number of rotatable bonds is 2. The van der Waals surface area contributed by atoms with Gasteiger partial charge in [0.1, 0.15) is 0 Å². The second-order valence-electron chi connectivity index (χ2n) is 6.04. The van der Waals surface area contributed by atoms with Gasteiger partial charge in [-0.1, -0.05) is 6.07 Å². The van der Waals surface area contributed by atoms with E-state index in [-0.39, 0.29) is 23.7 Å². The fraction of sp³-hybridized carbons (Fsp3) is 0.533. The van der Waals surface area contributed by atoms with Gasteiger partial charge in [0, 0.05) is 42.9 Å². The standard InChI is InChI=1S/C15H19N3O3/c1-9-3-4-12(18(20)21)6-13(9)15(19)17-10(2)5-11-7-16-8-14(11)17/h3-4,6,10-11,14,16H,5,7-8H2,1-2H3. The number of non-ortho nitro benzene ring substituents is 1. The van der Waals surface area contributed by atoms with Crippen LogP contribution in [0.5, 0.6) is 0 Å². The third-order valence-corrected chi connectivity index (χ3v) is 4.68. The van der Waals surface area contributed by atoms with E-state index in [1.165, 1.54) is 12.1 Å². The number of hydrogen-bond donors (Lipinski definition) is 1. The van der Waals surface area contributed by atoms with Crippen molar-refractivity contribution < 1.29 is 9.72 Å². The number of nitrogens with one attached hydrogen (secondary N) is 1. The highest BCUT2D eigenvalue weighted by atomic mass is 16.6. The van der Waals surface area contributed by atoms with Gasteiger partial charge in [-0.05, 0) is 31.7 Å². The van der Waals surface area contributed by atoms with E-state index in [2.05, 4.69) is 12.2 Å². The van der Waals surface area contributed by atoms with Crippen LogP contribution in [0.1, 0.15) is 29.3 Å². The first kappa shape index (κ1) is 14.0. The van der Waals surface area contributed by atoms with Crippen molar-refractivity contribution >= 4 is 11.6 Å². The predicted molar refractivity (Wildman–Crippen MR) is 78.2 cm³/mol. The Labute approximate surface area is 123 Å². The molecule has 2 heterocycles. The Morgan fingerprint density at radius 1 is 1.43 bits per heavy atom. The Hall–Kier alpha value is -1.95. The van der Waals surface area contributed by atoms with Gasteiger partial charge in [0.05, 0.1) is 4.92 Å². The number of fused-ring (bicyclic) bond motifs is 1. The molecule has 0 saturated carbocycles. The molecule has 1 aromatic rings. The summed E-state index contributed by atoms with van der Waals surface area (Å²) in [7, 11) is 0. The second-order valence-corrected chi connectivity index (χ2v) is 6.04. The van der Waals surface area contributed by atoms with E-state index in [9.17, 15) is 14.9 Å². The lowest BCUT2D eigenvalue weighted by Crippen LogP contribution is -2.43. The lowest BCUT2D eigenvalue weighted by Gasteiger charge is -2.28. The van der Waals surface area contributed by atoms with Gasteiger partial charge in [-0.2, -0.15) is 0 Å². The maximum atomic E-state index is 12.9. The Kier molecular flexibility index (Phi) is 3.41. The number of benzene rings is 1. The van der Waals surface area contributed by atoms with Crippen molar-refractivity contribution in [1.82, 2.24) is 10.2 Å². The molecular formula is C15H19N3O3. The zero-order valence-electron chi connectivity index (χ0n) is 12.2. The number of nitro groups is 1. The first-order chi connectivity index (χ1) is 9.99. The minimum atomic E-state index is -0.455. The van der Waals surface area contributed by atoms with Gasteiger partial charge in [0.25, 0.3) is 11.6 Å². The van der Waals surface area contributed by atoms with Crippen LogP contribution in [0.4, 0.5) is 5.69 Å². The number of amides is 1. The number of nitro benzene ring substituents is 1. The van der Waals surface area contributed by atoms with Crippen molar-refractivity contribution in [2.75, 3.05) is 13.1 Å². The molecule has 1 aromatic carbocycles. The van der Waals surface area contributed by atoms with Crippen LogP contribution in [0.25, 0.3) is 0 Å². The molecule has 21 heavy (non-hydrogen) atoms. The summed E-state index contributed by atoms with van der Waals surface area (Å²) in [6.07, 6.45) is 0.997. The summed E-state index contributed by atoms with van der Waals surface area (Å²) in [6, 6.07) is 4.90. The number of likely N-dealkylation sites (tertiary alicyclic amines) is 1. The molecule has 2 saturated heterocycles. The zero-order chi connectivity index (χ0) is 15.1. The van der Waals surface area contributed by atoms with E-state index in [4.69, 9.17) is 0 Å². The molecule has 0 bridgehead atoms. The van der Waals surface area contributed by atoms with Crippen molar-refractivity contribution in [2.24, 2.45) is 5.92 Å². The molecule has 112 valence electrons. The Balaban J connectivity index is 1.94. The number of hydrogen-bond acceptors (Lipinski definition) is 4. The monoisotopic (exact) mass is 289 g/mol. The summed E-state index contributed by atoms with van der Waals surface area (Å²) in [5, 5.41) is 14.2. The van der Waals surface area contributed by atoms with E-state index in [1.807, 2.05) is 11.8 Å². The van der Waals surface area contributed by atoms with E-state index in [1.54, 1.807) is 6.07 Å². The third-order valence-electron chi connectivity index (χ3n) is 4.68. The molecule has 3 unspecified atom stereocenters. The molecule has 0 aromatic heterocycles. The maximum Gasteiger partial charge on any atom is 0.270 e. The smallest absolute Gasteiger partial charge is 0.270 e. The summed E-state index contributed by atoms with van der Waals surface area (Å²) < 4.78 is 0. The van der Waals surface area contributed by atoms with Gasteiger partial charge in [0.15, 0.2) is 0 Å². The molecule has 6 heteroatoms. The molecule has 1 amide bonds. The van der Waals surface area contributed by atoms with Crippen molar-refractivity contribution in [3.05, 3.63) is 39.4 Å². The summed E-state index contributed by atoms with van der Waals surface area (Å²) in [4.78, 5) is 25.3. The summed E-state index contributed by atoms with van der Waals surface area (Å²) in [5.74, 6) is 0.419. The normalized spacial score (nSPS) is 27.7. The average molecular weight is 289 g/mol. The Morgan fingerprint density at radius 2 is 2.19 bits per heavy atom. The van der Waals surface area contributed by atoms with E-state index in [0.717, 1.165) is 25.1 Å². The van der Waals surface area contributed by atoms with Crippen molar-refractivity contribution in [3.63, 3.8) is 0 Å². The van der Waals surface area contributed by atoms with Crippen molar-refractivity contribution in [1.29, 1.82) is 0 Å². The van der Waals surface area contributed by atoms with E-state index < -0.39 is 4.92 Å². The van der Waals surface area contributed by atoms with Gasteiger partial charge in [-0.15, -0.1) is 0 Å². The van der Waals surface area contributed by atoms with Crippen LogP contribution in [0.15, 0.2) is 18.2 Å². The molecule has 3 rings (SSSR count). The average Bonchev–Trinajstić information content (AvgIpc) is 2.98. The largest absolute Gasteiger partial charge is 0.331 e. The number of carbonyl (C=O) groups is 1. The highest BCUT2D eigenvalue weighted by Gasteiger charge is 2.44. The third kappa shape index (κ3) is 2.29. The molecule has 2 aliphatic heterocycles. The fourth-order valence-electron chi connectivity index (χ4n) is 3.61. The van der Waals surface area contributed by atoms with Crippen molar-refractivity contribution in [2.45, 2.75) is 32.4 Å². The van der Waals surface area contributed by atoms with Crippen LogP contribution in [-0.4, -0.2) is 40.9 Å². The summed E-state index contributed by atoms with van der Waals surface area (Å²) in [6.45, 7) is 5.65. The van der Waals surface area contributed by atoms with Crippen LogP contribution in [0, 0.1) is 23.0 Å². The van der Waals surface area contributed by atoms with Gasteiger partial charge in [0.2, 0.25) is 0 Å². The van der Waals surface area contributed by atoms with E-state index in [0.29, 0.717) is 11.5 Å². The molecule has 0 aliphatic carbocycles. The van der Waals surface area contributed by atoms with Gasteiger partial charge in [-0.3, -0.25) is 14.9 Å². The first-order valence-electron chi connectivity index (χ1n) is 7.27. The maximum absolute atomic E-state index is 12.9. The lowest BCUT2D eigenvalue weighted by atomic mass is 10.0. The highest BCUT2D eigenvalue weighted by Crippen LogP contribution is 2.34. The topological polar surface area (TPSA) is 75.5 Å². The number of aryl methyl sites for hydroxylation is 1. The van der Waals surface area contributed by atoms with E-state index >= 15 is 0 Å². The minimum Gasteiger partial charge on any atom is -0.331 e.